The topological polar surface area (TPSA) is 58.6 Å². The van der Waals surface area contributed by atoms with E-state index in [-0.39, 0.29) is 11.3 Å². The molecule has 1 heterocycles. The van der Waals surface area contributed by atoms with Gasteiger partial charge in [-0.05, 0) is 20.9 Å². The summed E-state index contributed by atoms with van der Waals surface area (Å²) in [6.45, 7) is 5.54. The third-order valence-electron chi connectivity index (χ3n) is 2.63. The first-order valence-corrected chi connectivity index (χ1v) is 6.73. The molecule has 5 nitrogen and oxygen atoms in total. The van der Waals surface area contributed by atoms with E-state index in [9.17, 15) is 8.42 Å². The number of hydrogen-bond acceptors (Lipinski definition) is 4. The summed E-state index contributed by atoms with van der Waals surface area (Å²) in [5.74, 6) is 0. The van der Waals surface area contributed by atoms with E-state index >= 15 is 0 Å². The van der Waals surface area contributed by atoms with Gasteiger partial charge < -0.3 is 10.1 Å². The Morgan fingerprint density at radius 2 is 2.27 bits per heavy atom. The van der Waals surface area contributed by atoms with Crippen LogP contribution in [0, 0.1) is 0 Å². The molecule has 90 valence electrons. The molecule has 1 aliphatic rings. The van der Waals surface area contributed by atoms with Gasteiger partial charge in [0, 0.05) is 19.1 Å². The molecule has 0 aromatic heterocycles. The van der Waals surface area contributed by atoms with E-state index in [1.54, 1.807) is 18.3 Å². The fraction of sp³-hybridized carbons (Fsp3) is 1.00. The number of hydrogen-bond donors (Lipinski definition) is 1. The van der Waals surface area contributed by atoms with E-state index in [1.165, 1.54) is 0 Å². The summed E-state index contributed by atoms with van der Waals surface area (Å²) >= 11 is 0. The van der Waals surface area contributed by atoms with Crippen molar-refractivity contribution in [1.29, 1.82) is 0 Å². The molecule has 1 N–H and O–H groups in total. The summed E-state index contributed by atoms with van der Waals surface area (Å²) in [6, 6.07) is -0.0527. The molecule has 2 atom stereocenters. The Bertz CT molecular complexity index is 292. The molecule has 0 aliphatic carbocycles. The van der Waals surface area contributed by atoms with Gasteiger partial charge in [-0.3, -0.25) is 0 Å². The minimum absolute atomic E-state index is 0.0527. The van der Waals surface area contributed by atoms with Gasteiger partial charge in [-0.15, -0.1) is 0 Å². The maximum absolute atomic E-state index is 12.1. The zero-order valence-corrected chi connectivity index (χ0v) is 10.4. The second-order valence-corrected chi connectivity index (χ2v) is 6.25. The Hall–Kier alpha value is -0.170. The molecular weight excluding hydrogens is 216 g/mol. The highest BCUT2D eigenvalue weighted by molar-refractivity contribution is 7.89. The van der Waals surface area contributed by atoms with Gasteiger partial charge in [0.05, 0.1) is 18.5 Å². The van der Waals surface area contributed by atoms with Gasteiger partial charge in [0.2, 0.25) is 10.0 Å². The van der Waals surface area contributed by atoms with Crippen LogP contribution in [0.15, 0.2) is 0 Å². The van der Waals surface area contributed by atoms with Crippen molar-refractivity contribution in [3.8, 4) is 0 Å². The SMILES string of the molecule is CNCC(C)S(=O)(=O)N1CCOCC1C. The lowest BCUT2D eigenvalue weighted by atomic mass is 10.3. The number of nitrogens with one attached hydrogen (secondary N) is 1. The van der Waals surface area contributed by atoms with Gasteiger partial charge in [0.15, 0.2) is 0 Å². The Balaban J connectivity index is 2.75. The number of morpholine rings is 1. The molecule has 2 unspecified atom stereocenters. The first kappa shape index (κ1) is 12.9. The fourth-order valence-electron chi connectivity index (χ4n) is 1.71. The highest BCUT2D eigenvalue weighted by atomic mass is 32.2. The highest BCUT2D eigenvalue weighted by Gasteiger charge is 2.33. The standard InChI is InChI=1S/C9H20N2O3S/c1-8-7-14-5-4-11(8)15(12,13)9(2)6-10-3/h8-10H,4-7H2,1-3H3. The summed E-state index contributed by atoms with van der Waals surface area (Å²) in [6.07, 6.45) is 0. The molecule has 0 aromatic rings. The molecule has 1 saturated heterocycles. The van der Waals surface area contributed by atoms with Crippen LogP contribution in [-0.2, 0) is 14.8 Å². The van der Waals surface area contributed by atoms with E-state index in [4.69, 9.17) is 4.74 Å². The molecular formula is C9H20N2O3S. The Kier molecular flexibility index (Phi) is 4.51. The van der Waals surface area contributed by atoms with Crippen molar-refractivity contribution in [2.75, 3.05) is 33.4 Å². The summed E-state index contributed by atoms with van der Waals surface area (Å²) in [4.78, 5) is 0. The predicted octanol–water partition coefficient (Wildman–Crippen LogP) is -0.355. The summed E-state index contributed by atoms with van der Waals surface area (Å²) in [7, 11) is -1.42. The maximum atomic E-state index is 12.1. The van der Waals surface area contributed by atoms with Crippen molar-refractivity contribution >= 4 is 10.0 Å². The summed E-state index contributed by atoms with van der Waals surface area (Å²) in [5, 5.41) is 2.50. The third kappa shape index (κ3) is 2.90. The van der Waals surface area contributed by atoms with Crippen molar-refractivity contribution in [3.05, 3.63) is 0 Å². The van der Waals surface area contributed by atoms with Crippen LogP contribution in [0.5, 0.6) is 0 Å². The lowest BCUT2D eigenvalue weighted by Gasteiger charge is -2.34. The number of ether oxygens (including phenoxy) is 1. The molecule has 1 fully saturated rings. The Morgan fingerprint density at radius 3 is 2.80 bits per heavy atom. The molecule has 15 heavy (non-hydrogen) atoms. The van der Waals surface area contributed by atoms with E-state index in [2.05, 4.69) is 5.32 Å². The molecule has 0 saturated carbocycles. The first-order valence-electron chi connectivity index (χ1n) is 5.23. The molecule has 0 amide bonds. The van der Waals surface area contributed by atoms with Gasteiger partial charge in [0.25, 0.3) is 0 Å². The quantitative estimate of drug-likeness (QED) is 0.724. The normalized spacial score (nSPS) is 26.5. The number of nitrogens with zero attached hydrogens (tertiary/aromatic N) is 1. The monoisotopic (exact) mass is 236 g/mol. The summed E-state index contributed by atoms with van der Waals surface area (Å²) < 4.78 is 31.0. The molecule has 0 bridgehead atoms. The van der Waals surface area contributed by atoms with Gasteiger partial charge in [0.1, 0.15) is 0 Å². The zero-order chi connectivity index (χ0) is 11.5. The minimum atomic E-state index is -3.18. The second-order valence-electron chi connectivity index (χ2n) is 3.95. The van der Waals surface area contributed by atoms with Crippen LogP contribution in [0.25, 0.3) is 0 Å². The van der Waals surface area contributed by atoms with E-state index < -0.39 is 10.0 Å². The van der Waals surface area contributed by atoms with Gasteiger partial charge in [-0.1, -0.05) is 0 Å². The lowest BCUT2D eigenvalue weighted by Crippen LogP contribution is -2.51. The minimum Gasteiger partial charge on any atom is -0.378 e. The molecule has 0 spiro atoms. The smallest absolute Gasteiger partial charge is 0.218 e. The van der Waals surface area contributed by atoms with Crippen molar-refractivity contribution in [2.45, 2.75) is 25.1 Å². The number of rotatable bonds is 4. The van der Waals surface area contributed by atoms with Crippen LogP contribution < -0.4 is 5.32 Å². The Morgan fingerprint density at radius 1 is 1.60 bits per heavy atom. The average molecular weight is 236 g/mol. The van der Waals surface area contributed by atoms with Crippen LogP contribution in [0.4, 0.5) is 0 Å². The van der Waals surface area contributed by atoms with Crippen molar-refractivity contribution in [1.82, 2.24) is 9.62 Å². The van der Waals surface area contributed by atoms with Crippen LogP contribution >= 0.6 is 0 Å². The highest BCUT2D eigenvalue weighted by Crippen LogP contribution is 2.15. The first-order chi connectivity index (χ1) is 7.00. The predicted molar refractivity (Wildman–Crippen MR) is 59.3 cm³/mol. The van der Waals surface area contributed by atoms with E-state index in [0.29, 0.717) is 26.3 Å². The third-order valence-corrected chi connectivity index (χ3v) is 5.01. The largest absolute Gasteiger partial charge is 0.378 e. The van der Waals surface area contributed by atoms with E-state index in [1.807, 2.05) is 6.92 Å². The van der Waals surface area contributed by atoms with Crippen LogP contribution in [0.3, 0.4) is 0 Å². The van der Waals surface area contributed by atoms with Crippen molar-refractivity contribution in [2.24, 2.45) is 0 Å². The van der Waals surface area contributed by atoms with Crippen LogP contribution in [0.2, 0.25) is 0 Å². The van der Waals surface area contributed by atoms with Crippen molar-refractivity contribution < 1.29 is 13.2 Å². The Labute approximate surface area is 91.8 Å². The van der Waals surface area contributed by atoms with Gasteiger partial charge in [-0.25, -0.2) is 8.42 Å². The molecule has 0 radical (unpaired) electrons. The zero-order valence-electron chi connectivity index (χ0n) is 9.56. The van der Waals surface area contributed by atoms with Crippen LogP contribution in [-0.4, -0.2) is 57.4 Å². The fourth-order valence-corrected chi connectivity index (χ4v) is 3.44. The van der Waals surface area contributed by atoms with Crippen LogP contribution in [0.1, 0.15) is 13.8 Å². The average Bonchev–Trinajstić information content (AvgIpc) is 2.18. The maximum Gasteiger partial charge on any atom is 0.218 e. The van der Waals surface area contributed by atoms with Gasteiger partial charge >= 0.3 is 0 Å². The molecule has 6 heteroatoms. The summed E-state index contributed by atoms with van der Waals surface area (Å²) in [5.41, 5.74) is 0. The van der Waals surface area contributed by atoms with Gasteiger partial charge in [-0.2, -0.15) is 4.31 Å². The second kappa shape index (κ2) is 5.25. The number of sulfonamides is 1. The van der Waals surface area contributed by atoms with E-state index in [0.717, 1.165) is 0 Å². The molecule has 1 aliphatic heterocycles. The van der Waals surface area contributed by atoms with Crippen molar-refractivity contribution in [3.63, 3.8) is 0 Å². The molecule has 0 aromatic carbocycles. The molecule has 1 rings (SSSR count). The lowest BCUT2D eigenvalue weighted by molar-refractivity contribution is 0.0389.